The fourth-order valence-electron chi connectivity index (χ4n) is 2.18. The SMILES string of the molecule is CC(=O)C(C(=O)[O-])C(C[N+](C)(C)C)OC(=O)c1ccccc1O. The highest BCUT2D eigenvalue weighted by Crippen LogP contribution is 2.20. The Balaban J connectivity index is 3.10. The smallest absolute Gasteiger partial charge is 0.342 e. The zero-order valence-corrected chi connectivity index (χ0v) is 13.6. The number of carboxylic acids is 1. The second-order valence-electron chi connectivity index (χ2n) is 6.34. The number of likely N-dealkylation sites (N-methyl/N-ethyl adjacent to an activating group) is 1. The van der Waals surface area contributed by atoms with Crippen LogP contribution in [0, 0.1) is 5.92 Å². The van der Waals surface area contributed by atoms with Gasteiger partial charge in [0.1, 0.15) is 23.6 Å². The molecule has 0 fully saturated rings. The van der Waals surface area contributed by atoms with Gasteiger partial charge < -0.3 is 24.2 Å². The number of carbonyl (C=O) groups is 3. The molecule has 0 aliphatic carbocycles. The largest absolute Gasteiger partial charge is 0.549 e. The highest BCUT2D eigenvalue weighted by Gasteiger charge is 2.35. The summed E-state index contributed by atoms with van der Waals surface area (Å²) in [6.45, 7) is 1.20. The number of carboxylic acid groups (broad SMARTS) is 1. The lowest BCUT2D eigenvalue weighted by Crippen LogP contribution is -2.52. The van der Waals surface area contributed by atoms with Crippen molar-refractivity contribution < 1.29 is 33.8 Å². The van der Waals surface area contributed by atoms with E-state index < -0.39 is 29.7 Å². The summed E-state index contributed by atoms with van der Waals surface area (Å²) in [5.74, 6) is -5.00. The Kier molecular flexibility index (Phi) is 5.86. The number of rotatable bonds is 7. The number of ketones is 1. The zero-order valence-electron chi connectivity index (χ0n) is 13.6. The molecule has 0 saturated heterocycles. The van der Waals surface area contributed by atoms with Crippen molar-refractivity contribution in [2.24, 2.45) is 5.92 Å². The number of quaternary nitrogens is 1. The van der Waals surface area contributed by atoms with Gasteiger partial charge >= 0.3 is 5.97 Å². The van der Waals surface area contributed by atoms with Gasteiger partial charge in [-0.2, -0.15) is 0 Å². The number of Topliss-reactive ketones (excluding diaryl/α,β-unsaturated/α-hetero) is 1. The van der Waals surface area contributed by atoms with Crippen molar-refractivity contribution in [2.45, 2.75) is 13.0 Å². The van der Waals surface area contributed by atoms with Gasteiger partial charge in [0.05, 0.1) is 33.0 Å². The average Bonchev–Trinajstić information content (AvgIpc) is 2.35. The van der Waals surface area contributed by atoms with E-state index in [2.05, 4.69) is 0 Å². The van der Waals surface area contributed by atoms with Gasteiger partial charge in [0.2, 0.25) is 0 Å². The van der Waals surface area contributed by atoms with Crippen molar-refractivity contribution >= 4 is 17.7 Å². The number of hydrogen-bond donors (Lipinski definition) is 1. The van der Waals surface area contributed by atoms with E-state index >= 15 is 0 Å². The van der Waals surface area contributed by atoms with Gasteiger partial charge in [0, 0.05) is 0 Å². The second kappa shape index (κ2) is 7.23. The van der Waals surface area contributed by atoms with Gasteiger partial charge in [-0.1, -0.05) is 12.1 Å². The number of phenolic OH excluding ortho intramolecular Hbond substituents is 1. The Bertz CT molecular complexity index is 591. The minimum Gasteiger partial charge on any atom is -0.549 e. The third kappa shape index (κ3) is 5.37. The average molecular weight is 323 g/mol. The molecule has 1 N–H and O–H groups in total. The first-order valence-electron chi connectivity index (χ1n) is 7.03. The number of nitrogens with zero attached hydrogens (tertiary/aromatic N) is 1. The molecule has 7 nitrogen and oxygen atoms in total. The topological polar surface area (TPSA) is 104 Å². The first-order valence-corrected chi connectivity index (χ1v) is 7.03. The molecule has 7 heteroatoms. The predicted molar refractivity (Wildman–Crippen MR) is 79.4 cm³/mol. The molecule has 0 bridgehead atoms. The third-order valence-corrected chi connectivity index (χ3v) is 3.17. The van der Waals surface area contributed by atoms with Crippen LogP contribution >= 0.6 is 0 Å². The number of benzene rings is 1. The number of hydrogen-bond acceptors (Lipinski definition) is 6. The summed E-state index contributed by atoms with van der Waals surface area (Å²) in [6, 6.07) is 5.73. The molecule has 0 saturated carbocycles. The number of carbonyl (C=O) groups excluding carboxylic acids is 3. The van der Waals surface area contributed by atoms with Crippen LogP contribution in [0.25, 0.3) is 0 Å². The lowest BCUT2D eigenvalue weighted by molar-refractivity contribution is -0.873. The van der Waals surface area contributed by atoms with Crippen LogP contribution < -0.4 is 5.11 Å². The molecule has 0 aliphatic rings. The summed E-state index contributed by atoms with van der Waals surface area (Å²) in [4.78, 5) is 35.1. The molecule has 2 atom stereocenters. The van der Waals surface area contributed by atoms with Crippen LogP contribution in [-0.2, 0) is 14.3 Å². The maximum absolute atomic E-state index is 12.2. The Morgan fingerprint density at radius 1 is 1.22 bits per heavy atom. The van der Waals surface area contributed by atoms with Gasteiger partial charge in [-0.05, 0) is 19.1 Å². The maximum atomic E-state index is 12.2. The molecule has 0 amide bonds. The van der Waals surface area contributed by atoms with Crippen molar-refractivity contribution in [3.8, 4) is 5.75 Å². The summed E-state index contributed by atoms with van der Waals surface area (Å²) in [5, 5.41) is 21.0. The summed E-state index contributed by atoms with van der Waals surface area (Å²) < 4.78 is 5.50. The number of ether oxygens (including phenoxy) is 1. The van der Waals surface area contributed by atoms with Crippen LogP contribution in [0.15, 0.2) is 24.3 Å². The first kappa shape index (κ1) is 18.6. The molecular formula is C16H21NO6. The Labute approximate surface area is 134 Å². The minimum atomic E-state index is -1.60. The van der Waals surface area contributed by atoms with Crippen LogP contribution in [-0.4, -0.2) is 61.1 Å². The number of phenols is 1. The molecule has 0 heterocycles. The molecule has 1 aromatic carbocycles. The Morgan fingerprint density at radius 2 is 1.78 bits per heavy atom. The van der Waals surface area contributed by atoms with Crippen LogP contribution in [0.5, 0.6) is 5.75 Å². The number of aliphatic carboxylic acids is 1. The maximum Gasteiger partial charge on any atom is 0.342 e. The summed E-state index contributed by atoms with van der Waals surface area (Å²) in [5.41, 5.74) is -0.0976. The normalized spacial score (nSPS) is 13.9. The molecule has 126 valence electrons. The van der Waals surface area contributed by atoms with Crippen LogP contribution in [0.2, 0.25) is 0 Å². The first-order chi connectivity index (χ1) is 10.5. The van der Waals surface area contributed by atoms with Crippen molar-refractivity contribution in [2.75, 3.05) is 27.7 Å². The molecule has 1 aromatic rings. The van der Waals surface area contributed by atoms with Gasteiger partial charge in [-0.15, -0.1) is 0 Å². The standard InChI is InChI=1S/C16H21NO6/c1-10(18)14(15(20)21)13(9-17(2,3)4)23-16(22)11-7-5-6-8-12(11)19/h5-8,13-14H,9H2,1-4H3,(H-,19,20,21,22). The van der Waals surface area contributed by atoms with Crippen molar-refractivity contribution in [3.05, 3.63) is 29.8 Å². The molecule has 0 radical (unpaired) electrons. The molecule has 0 aliphatic heterocycles. The molecule has 2 unspecified atom stereocenters. The summed E-state index contributed by atoms with van der Waals surface area (Å²) in [7, 11) is 5.31. The predicted octanol–water partition coefficient (Wildman–Crippen LogP) is -0.421. The molecule has 1 rings (SSSR count). The molecule has 0 aromatic heterocycles. The Hall–Kier alpha value is -2.41. The van der Waals surface area contributed by atoms with Gasteiger partial charge in [-0.25, -0.2) is 4.79 Å². The summed E-state index contributed by atoms with van der Waals surface area (Å²) >= 11 is 0. The van der Waals surface area contributed by atoms with Crippen LogP contribution in [0.3, 0.4) is 0 Å². The van der Waals surface area contributed by atoms with Crippen molar-refractivity contribution in [3.63, 3.8) is 0 Å². The molecule has 0 spiro atoms. The monoisotopic (exact) mass is 323 g/mol. The Morgan fingerprint density at radius 3 is 2.22 bits per heavy atom. The zero-order chi connectivity index (χ0) is 17.8. The van der Waals surface area contributed by atoms with E-state index in [-0.39, 0.29) is 22.3 Å². The quantitative estimate of drug-likeness (QED) is 0.415. The van der Waals surface area contributed by atoms with Gasteiger partial charge in [0.15, 0.2) is 6.10 Å². The lowest BCUT2D eigenvalue weighted by atomic mass is 9.97. The van der Waals surface area contributed by atoms with E-state index in [4.69, 9.17) is 4.74 Å². The van der Waals surface area contributed by atoms with E-state index in [1.165, 1.54) is 24.3 Å². The van der Waals surface area contributed by atoms with E-state index in [0.29, 0.717) is 0 Å². The van der Waals surface area contributed by atoms with Crippen molar-refractivity contribution in [1.29, 1.82) is 0 Å². The highest BCUT2D eigenvalue weighted by atomic mass is 16.5. The number of esters is 1. The van der Waals surface area contributed by atoms with E-state index in [1.807, 2.05) is 0 Å². The molecule has 23 heavy (non-hydrogen) atoms. The second-order valence-corrected chi connectivity index (χ2v) is 6.34. The fraction of sp³-hybridized carbons (Fsp3) is 0.438. The number of aromatic hydroxyl groups is 1. The third-order valence-electron chi connectivity index (χ3n) is 3.17. The van der Waals surface area contributed by atoms with E-state index in [9.17, 15) is 24.6 Å². The minimum absolute atomic E-state index is 0.0948. The fourth-order valence-corrected chi connectivity index (χ4v) is 2.18. The number of para-hydroxylation sites is 1. The van der Waals surface area contributed by atoms with E-state index in [1.54, 1.807) is 21.1 Å². The van der Waals surface area contributed by atoms with Crippen LogP contribution in [0.4, 0.5) is 0 Å². The lowest BCUT2D eigenvalue weighted by Gasteiger charge is -2.32. The van der Waals surface area contributed by atoms with Gasteiger partial charge in [0.25, 0.3) is 0 Å². The van der Waals surface area contributed by atoms with E-state index in [0.717, 1.165) is 6.92 Å². The van der Waals surface area contributed by atoms with Crippen LogP contribution in [0.1, 0.15) is 17.3 Å². The summed E-state index contributed by atoms with van der Waals surface area (Å²) in [6.07, 6.45) is -1.20. The molecular weight excluding hydrogens is 302 g/mol. The van der Waals surface area contributed by atoms with Gasteiger partial charge in [-0.3, -0.25) is 4.79 Å². The van der Waals surface area contributed by atoms with Crippen molar-refractivity contribution in [1.82, 2.24) is 0 Å². The highest BCUT2D eigenvalue weighted by molar-refractivity contribution is 5.98.